The largest absolute Gasteiger partial charge is 0.496 e. The zero-order valence-corrected chi connectivity index (χ0v) is 55.8. The van der Waals surface area contributed by atoms with Crippen molar-refractivity contribution in [1.82, 2.24) is 0 Å². The van der Waals surface area contributed by atoms with Crippen LogP contribution in [0, 0.1) is 0 Å². The molecule has 1 aliphatic carbocycles. The summed E-state index contributed by atoms with van der Waals surface area (Å²) in [6.45, 7) is 37.2. The van der Waals surface area contributed by atoms with Crippen LogP contribution in [0.2, 0.25) is 0 Å². The second-order valence-corrected chi connectivity index (χ2v) is 30.0. The molecule has 0 fully saturated rings. The lowest BCUT2D eigenvalue weighted by atomic mass is 9.79. The molecule has 0 aromatic heterocycles. The highest BCUT2D eigenvalue weighted by Gasteiger charge is 2.32. The number of rotatable bonds is 12. The van der Waals surface area contributed by atoms with E-state index in [0.29, 0.717) is 73.0 Å². The molecule has 3 N–H and O–H groups in total. The van der Waals surface area contributed by atoms with E-state index in [1.165, 1.54) is 0 Å². The van der Waals surface area contributed by atoms with E-state index in [1.54, 1.807) is 21.3 Å². The van der Waals surface area contributed by atoms with E-state index in [4.69, 9.17) is 28.4 Å². The van der Waals surface area contributed by atoms with Crippen LogP contribution in [-0.4, -0.2) is 74.4 Å². The van der Waals surface area contributed by atoms with E-state index in [9.17, 15) is 29.7 Å². The Balaban J connectivity index is 1.72. The normalized spacial score (nSPS) is 13.5. The van der Waals surface area contributed by atoms with Gasteiger partial charge in [-0.1, -0.05) is 197 Å². The third-order valence-corrected chi connectivity index (χ3v) is 16.6. The number of fused-ring (bicyclic) bond motifs is 12. The first kappa shape index (κ1) is 67.0. The van der Waals surface area contributed by atoms with Gasteiger partial charge in [-0.05, 0) is 133 Å². The van der Waals surface area contributed by atoms with Gasteiger partial charge in [0, 0.05) is 38.5 Å². The number of aliphatic carboxylic acids is 3. The minimum absolute atomic E-state index is 0.295. The maximum absolute atomic E-state index is 12.7. The van der Waals surface area contributed by atoms with Gasteiger partial charge in [0.2, 0.25) is 0 Å². The summed E-state index contributed by atoms with van der Waals surface area (Å²) < 4.78 is 39.4. The molecule has 6 aromatic rings. The summed E-state index contributed by atoms with van der Waals surface area (Å²) in [5.74, 6) is -0.119. The van der Waals surface area contributed by atoms with Gasteiger partial charge in [0.15, 0.2) is 19.8 Å². The second kappa shape index (κ2) is 25.3. The summed E-state index contributed by atoms with van der Waals surface area (Å²) in [6, 6.07) is 25.9. The first-order chi connectivity index (χ1) is 40.2. The molecule has 0 saturated carbocycles. The molecular weight excluding hydrogens is 1090 g/mol. The number of carbonyl (C=O) groups is 3. The van der Waals surface area contributed by atoms with Crippen LogP contribution in [0.1, 0.15) is 225 Å². The van der Waals surface area contributed by atoms with Crippen LogP contribution >= 0.6 is 0 Å². The fourth-order valence-electron chi connectivity index (χ4n) is 11.7. The standard InChI is InChI=1S/C75H96O12/c1-70(2,3)55-28-43-22-49-34-58(73(10,11)12)36-51(67(49)85-40-61(76)77)24-45-30-56(71(4,5)6)32-47(65(45)83-20)26-53-38-60(75(16,17)18)39-54(69(53)87-42-63(80)81)27-48-33-57(72(7,8)9)31-46(66(48)84-21)25-52-37-59(74(13,14)15)35-50(68(52)86-41-62(78)79)23-44(29-55)64(43)82-19/h28-39H,22-27,40-42H2,1-21H3,(H,76,77)(H,78,79)(H,80,81). The van der Waals surface area contributed by atoms with Crippen LogP contribution in [-0.2, 0) is 85.4 Å². The molecule has 0 amide bonds. The summed E-state index contributed by atoms with van der Waals surface area (Å²) in [6.07, 6.45) is 1.77. The minimum atomic E-state index is -1.12. The number of benzene rings is 6. The van der Waals surface area contributed by atoms with Gasteiger partial charge in [-0.15, -0.1) is 0 Å². The van der Waals surface area contributed by atoms with Gasteiger partial charge in [0.05, 0.1) is 21.3 Å². The Morgan fingerprint density at radius 1 is 0.276 bits per heavy atom. The molecule has 87 heavy (non-hydrogen) atoms. The number of hydrogen-bond donors (Lipinski definition) is 3. The Hall–Kier alpha value is -7.47. The zero-order valence-electron chi connectivity index (χ0n) is 55.8. The number of methoxy groups -OCH3 is 3. The molecule has 12 heteroatoms. The van der Waals surface area contributed by atoms with E-state index in [-0.39, 0.29) is 32.5 Å². The zero-order chi connectivity index (χ0) is 64.7. The van der Waals surface area contributed by atoms with Crippen molar-refractivity contribution in [3.05, 3.63) is 173 Å². The van der Waals surface area contributed by atoms with E-state index >= 15 is 0 Å². The molecule has 0 radical (unpaired) electrons. The third-order valence-electron chi connectivity index (χ3n) is 16.6. The van der Waals surface area contributed by atoms with Gasteiger partial charge in [-0.2, -0.15) is 0 Å². The Morgan fingerprint density at radius 3 is 0.506 bits per heavy atom. The smallest absolute Gasteiger partial charge is 0.341 e. The number of hydrogen-bond acceptors (Lipinski definition) is 9. The molecule has 0 unspecified atom stereocenters. The van der Waals surface area contributed by atoms with Gasteiger partial charge in [-0.25, -0.2) is 14.4 Å². The predicted molar refractivity (Wildman–Crippen MR) is 347 cm³/mol. The van der Waals surface area contributed by atoms with E-state index in [0.717, 1.165) is 100 Å². The fourth-order valence-corrected chi connectivity index (χ4v) is 11.7. The van der Waals surface area contributed by atoms with E-state index in [2.05, 4.69) is 197 Å². The molecule has 1 aliphatic rings. The van der Waals surface area contributed by atoms with Crippen LogP contribution < -0.4 is 28.4 Å². The van der Waals surface area contributed by atoms with Crippen LogP contribution in [0.15, 0.2) is 72.8 Å². The molecule has 7 rings (SSSR count). The van der Waals surface area contributed by atoms with Crippen molar-refractivity contribution in [2.45, 2.75) is 196 Å². The molecule has 468 valence electrons. The number of carboxylic acid groups (broad SMARTS) is 3. The third kappa shape index (κ3) is 16.0. The van der Waals surface area contributed by atoms with Crippen molar-refractivity contribution >= 4 is 17.9 Å². The molecule has 0 atom stereocenters. The lowest BCUT2D eigenvalue weighted by Gasteiger charge is -2.29. The SMILES string of the molecule is COc1c2cc(C(C)(C)C)cc1Cc1cc(C(C)(C)C)cc(c1OCC(=O)O)Cc1cc(C(C)(C)C)cc(c1OC)Cc1cc(C(C)(C)C)cc(c1OCC(=O)O)Cc1cc(C(C)(C)C)cc(c1OC)Cc1cc(C(C)(C)C)cc(c1OCC(=O)O)C2. The number of carboxylic acids is 3. The highest BCUT2D eigenvalue weighted by Crippen LogP contribution is 2.46. The van der Waals surface area contributed by atoms with Crippen molar-refractivity contribution in [2.24, 2.45) is 0 Å². The molecule has 12 nitrogen and oxygen atoms in total. The molecule has 0 saturated heterocycles. The second-order valence-electron chi connectivity index (χ2n) is 30.0. The maximum atomic E-state index is 12.7. The maximum Gasteiger partial charge on any atom is 0.341 e. The Labute approximate surface area is 517 Å². The summed E-state index contributed by atoms with van der Waals surface area (Å²) in [7, 11) is 5.01. The van der Waals surface area contributed by atoms with Crippen LogP contribution in [0.5, 0.6) is 34.5 Å². The van der Waals surface area contributed by atoms with Gasteiger partial charge in [0.25, 0.3) is 0 Å². The minimum Gasteiger partial charge on any atom is -0.496 e. The summed E-state index contributed by atoms with van der Waals surface area (Å²) in [4.78, 5) is 38.0. The van der Waals surface area contributed by atoms with Crippen LogP contribution in [0.4, 0.5) is 0 Å². The van der Waals surface area contributed by atoms with Crippen molar-refractivity contribution in [2.75, 3.05) is 41.2 Å². The van der Waals surface area contributed by atoms with Crippen molar-refractivity contribution in [1.29, 1.82) is 0 Å². The van der Waals surface area contributed by atoms with Gasteiger partial charge in [-0.3, -0.25) is 0 Å². The number of ether oxygens (including phenoxy) is 6. The van der Waals surface area contributed by atoms with E-state index < -0.39 is 37.7 Å². The lowest BCUT2D eigenvalue weighted by Crippen LogP contribution is -2.18. The summed E-state index contributed by atoms with van der Waals surface area (Å²) in [5.41, 5.74) is 13.8. The van der Waals surface area contributed by atoms with Gasteiger partial charge >= 0.3 is 17.9 Å². The van der Waals surface area contributed by atoms with Crippen molar-refractivity contribution < 1.29 is 58.1 Å². The Kier molecular flexibility index (Phi) is 19.5. The molecule has 12 bridgehead atoms. The van der Waals surface area contributed by atoms with Gasteiger partial charge < -0.3 is 43.7 Å². The molecule has 6 aromatic carbocycles. The van der Waals surface area contributed by atoms with E-state index in [1.807, 2.05) is 0 Å². The first-order valence-corrected chi connectivity index (χ1v) is 30.3. The quantitative estimate of drug-likeness (QED) is 0.106. The average molecular weight is 1190 g/mol. The average Bonchev–Trinajstić information content (AvgIpc) is 1.36. The Bertz CT molecular complexity index is 3060. The molecule has 0 spiro atoms. The van der Waals surface area contributed by atoms with Crippen molar-refractivity contribution in [3.8, 4) is 34.5 Å². The molecular formula is C75H96O12. The first-order valence-electron chi connectivity index (χ1n) is 30.3. The highest BCUT2D eigenvalue weighted by atomic mass is 16.5. The lowest BCUT2D eigenvalue weighted by molar-refractivity contribution is -0.140. The summed E-state index contributed by atoms with van der Waals surface area (Å²) in [5, 5.41) is 31.1. The fraction of sp³-hybridized carbons (Fsp3) is 0.480. The van der Waals surface area contributed by atoms with Crippen LogP contribution in [0.25, 0.3) is 0 Å². The highest BCUT2D eigenvalue weighted by molar-refractivity contribution is 5.71. The van der Waals surface area contributed by atoms with Crippen LogP contribution in [0.3, 0.4) is 0 Å². The monoisotopic (exact) mass is 1190 g/mol. The topological polar surface area (TPSA) is 167 Å². The summed E-state index contributed by atoms with van der Waals surface area (Å²) >= 11 is 0. The Morgan fingerprint density at radius 2 is 0.402 bits per heavy atom. The molecule has 0 aliphatic heterocycles. The van der Waals surface area contributed by atoms with Crippen molar-refractivity contribution in [3.63, 3.8) is 0 Å². The molecule has 0 heterocycles. The van der Waals surface area contributed by atoms with Gasteiger partial charge in [0.1, 0.15) is 34.5 Å². The predicted octanol–water partition coefficient (Wildman–Crippen LogP) is 15.7.